The Labute approximate surface area is 190 Å². The second-order valence-electron chi connectivity index (χ2n) is 9.93. The highest BCUT2D eigenvalue weighted by atomic mass is 16.3. The number of rotatable bonds is 19. The van der Waals surface area contributed by atoms with Gasteiger partial charge in [-0.3, -0.25) is 0 Å². The minimum Gasteiger partial charge on any atom is -0.396 e. The molecule has 0 unspecified atom stereocenters. The van der Waals surface area contributed by atoms with Gasteiger partial charge in [-0.05, 0) is 49.4 Å². The Kier molecular flexibility index (Phi) is 21.1. The summed E-state index contributed by atoms with van der Waals surface area (Å²) in [6.45, 7) is 14.2. The molecule has 0 rings (SSSR count). The zero-order valence-corrected chi connectivity index (χ0v) is 21.8. The standard InChI is InChI=1S/C26H54O2.2H3N/c1-7-11-18-24(5,19-12-8-2)26(28,22-16-15-17-23-27)25(6,20-13-9-3)21-14-10-4;;/h27-28H,7-23H2,1-6H3;2*1H3. The second kappa shape index (κ2) is 18.4. The van der Waals surface area contributed by atoms with E-state index in [1.807, 2.05) is 0 Å². The molecule has 0 aromatic carbocycles. The summed E-state index contributed by atoms with van der Waals surface area (Å²) in [5.74, 6) is 0. The molecular formula is C26H60N2O2. The molecule has 0 aliphatic rings. The lowest BCUT2D eigenvalue weighted by Crippen LogP contribution is -2.58. The van der Waals surface area contributed by atoms with E-state index in [1.165, 1.54) is 51.4 Å². The molecule has 0 saturated carbocycles. The molecule has 0 spiro atoms. The van der Waals surface area contributed by atoms with E-state index in [2.05, 4.69) is 41.5 Å². The lowest BCUT2D eigenvalue weighted by Gasteiger charge is -2.56. The Morgan fingerprint density at radius 1 is 0.500 bits per heavy atom. The molecule has 0 aliphatic heterocycles. The zero-order valence-electron chi connectivity index (χ0n) is 21.8. The van der Waals surface area contributed by atoms with Crippen molar-refractivity contribution in [3.05, 3.63) is 0 Å². The molecule has 4 heteroatoms. The minimum atomic E-state index is -0.621. The average Bonchev–Trinajstić information content (AvgIpc) is 2.70. The summed E-state index contributed by atoms with van der Waals surface area (Å²) < 4.78 is 0. The number of hydrogen-bond acceptors (Lipinski definition) is 4. The second-order valence-corrected chi connectivity index (χ2v) is 9.93. The van der Waals surface area contributed by atoms with E-state index in [4.69, 9.17) is 0 Å². The van der Waals surface area contributed by atoms with Gasteiger partial charge in [0.05, 0.1) is 5.60 Å². The number of aliphatic hydroxyl groups excluding tert-OH is 1. The van der Waals surface area contributed by atoms with Crippen molar-refractivity contribution in [1.82, 2.24) is 12.3 Å². The third-order valence-corrected chi connectivity index (χ3v) is 7.52. The quantitative estimate of drug-likeness (QED) is 0.154. The van der Waals surface area contributed by atoms with Gasteiger partial charge in [-0.15, -0.1) is 0 Å². The maximum atomic E-state index is 12.6. The number of unbranched alkanes of at least 4 members (excludes halogenated alkanes) is 6. The Bertz CT molecular complexity index is 332. The van der Waals surface area contributed by atoms with Crippen LogP contribution < -0.4 is 12.3 Å². The van der Waals surface area contributed by atoms with Gasteiger partial charge in [0.2, 0.25) is 0 Å². The molecule has 0 saturated heterocycles. The highest BCUT2D eigenvalue weighted by Crippen LogP contribution is 2.56. The van der Waals surface area contributed by atoms with E-state index >= 15 is 0 Å². The molecular weight excluding hydrogens is 372 g/mol. The van der Waals surface area contributed by atoms with E-state index in [9.17, 15) is 10.2 Å². The Hall–Kier alpha value is -0.160. The summed E-state index contributed by atoms with van der Waals surface area (Å²) >= 11 is 0. The van der Waals surface area contributed by atoms with Crippen LogP contribution in [0.1, 0.15) is 144 Å². The molecule has 0 amide bonds. The van der Waals surface area contributed by atoms with Gasteiger partial charge >= 0.3 is 0 Å². The van der Waals surface area contributed by atoms with E-state index in [0.717, 1.165) is 51.4 Å². The first-order valence-corrected chi connectivity index (χ1v) is 12.6. The van der Waals surface area contributed by atoms with Crippen LogP contribution in [-0.4, -0.2) is 22.4 Å². The molecule has 186 valence electrons. The predicted octanol–water partition coefficient (Wildman–Crippen LogP) is 8.37. The van der Waals surface area contributed by atoms with Crippen LogP contribution in [0.5, 0.6) is 0 Å². The summed E-state index contributed by atoms with van der Waals surface area (Å²) in [6.07, 6.45) is 17.9. The van der Waals surface area contributed by atoms with Gasteiger partial charge in [0.1, 0.15) is 0 Å². The van der Waals surface area contributed by atoms with Crippen molar-refractivity contribution in [2.24, 2.45) is 10.8 Å². The minimum absolute atomic E-state index is 0. The van der Waals surface area contributed by atoms with Gasteiger partial charge in [0.15, 0.2) is 0 Å². The molecule has 0 bridgehead atoms. The first-order valence-electron chi connectivity index (χ1n) is 12.6. The van der Waals surface area contributed by atoms with E-state index in [0.29, 0.717) is 0 Å². The zero-order chi connectivity index (χ0) is 21.5. The van der Waals surface area contributed by atoms with Crippen molar-refractivity contribution in [2.75, 3.05) is 6.61 Å². The van der Waals surface area contributed by atoms with Crippen LogP contribution in [0.4, 0.5) is 0 Å². The third-order valence-electron chi connectivity index (χ3n) is 7.52. The van der Waals surface area contributed by atoms with Crippen LogP contribution in [0.2, 0.25) is 0 Å². The topological polar surface area (TPSA) is 110 Å². The Morgan fingerprint density at radius 3 is 1.10 bits per heavy atom. The van der Waals surface area contributed by atoms with Crippen LogP contribution >= 0.6 is 0 Å². The molecule has 0 aromatic rings. The van der Waals surface area contributed by atoms with Gasteiger partial charge < -0.3 is 22.5 Å². The fourth-order valence-corrected chi connectivity index (χ4v) is 5.35. The van der Waals surface area contributed by atoms with Gasteiger partial charge in [-0.2, -0.15) is 0 Å². The Balaban J connectivity index is -0.00000364. The molecule has 0 aromatic heterocycles. The van der Waals surface area contributed by atoms with Gasteiger partial charge in [0.25, 0.3) is 0 Å². The van der Waals surface area contributed by atoms with E-state index < -0.39 is 5.60 Å². The number of aliphatic hydroxyl groups is 2. The third kappa shape index (κ3) is 9.97. The maximum Gasteiger partial charge on any atom is 0.0754 e. The van der Waals surface area contributed by atoms with Gasteiger partial charge in [0, 0.05) is 6.61 Å². The van der Waals surface area contributed by atoms with Crippen LogP contribution in [0.3, 0.4) is 0 Å². The molecule has 0 radical (unpaired) electrons. The molecule has 8 N–H and O–H groups in total. The largest absolute Gasteiger partial charge is 0.396 e. The van der Waals surface area contributed by atoms with Crippen LogP contribution in [-0.2, 0) is 0 Å². The Morgan fingerprint density at radius 2 is 0.833 bits per heavy atom. The van der Waals surface area contributed by atoms with Crippen molar-refractivity contribution < 1.29 is 10.2 Å². The molecule has 0 fully saturated rings. The van der Waals surface area contributed by atoms with Crippen molar-refractivity contribution in [2.45, 2.75) is 150 Å². The fraction of sp³-hybridized carbons (Fsp3) is 1.00. The summed E-state index contributed by atoms with van der Waals surface area (Å²) in [7, 11) is 0. The summed E-state index contributed by atoms with van der Waals surface area (Å²) in [4.78, 5) is 0. The smallest absolute Gasteiger partial charge is 0.0754 e. The first-order chi connectivity index (χ1) is 13.3. The fourth-order valence-electron chi connectivity index (χ4n) is 5.35. The van der Waals surface area contributed by atoms with Crippen LogP contribution in [0.25, 0.3) is 0 Å². The summed E-state index contributed by atoms with van der Waals surface area (Å²) in [5, 5.41) is 21.8. The normalized spacial score (nSPS) is 12.4. The molecule has 0 atom stereocenters. The SMILES string of the molecule is CCCCC(C)(CCCC)C(O)(CCCCCO)C(C)(CCCC)CCCC.N.N. The molecule has 30 heavy (non-hydrogen) atoms. The first kappa shape index (κ1) is 34.5. The monoisotopic (exact) mass is 432 g/mol. The van der Waals surface area contributed by atoms with Gasteiger partial charge in [-0.1, -0.05) is 106 Å². The van der Waals surface area contributed by atoms with Crippen molar-refractivity contribution in [3.8, 4) is 0 Å². The van der Waals surface area contributed by atoms with Crippen LogP contribution in [0, 0.1) is 10.8 Å². The lowest BCUT2D eigenvalue weighted by molar-refractivity contribution is -0.183. The van der Waals surface area contributed by atoms with E-state index in [1.54, 1.807) is 0 Å². The highest BCUT2D eigenvalue weighted by Gasteiger charge is 2.55. The van der Waals surface area contributed by atoms with E-state index in [-0.39, 0.29) is 29.7 Å². The predicted molar refractivity (Wildman–Crippen MR) is 135 cm³/mol. The number of hydrogen-bond donors (Lipinski definition) is 4. The molecule has 0 heterocycles. The van der Waals surface area contributed by atoms with Crippen molar-refractivity contribution in [1.29, 1.82) is 0 Å². The summed E-state index contributed by atoms with van der Waals surface area (Å²) in [6, 6.07) is 0. The van der Waals surface area contributed by atoms with Crippen LogP contribution in [0.15, 0.2) is 0 Å². The summed E-state index contributed by atoms with van der Waals surface area (Å²) in [5.41, 5.74) is -0.660. The maximum absolute atomic E-state index is 12.6. The molecule has 0 aliphatic carbocycles. The van der Waals surface area contributed by atoms with Gasteiger partial charge in [-0.25, -0.2) is 0 Å². The van der Waals surface area contributed by atoms with Crippen molar-refractivity contribution in [3.63, 3.8) is 0 Å². The average molecular weight is 433 g/mol. The highest BCUT2D eigenvalue weighted by molar-refractivity contribution is 5.06. The lowest BCUT2D eigenvalue weighted by atomic mass is 9.52. The molecule has 4 nitrogen and oxygen atoms in total. The van der Waals surface area contributed by atoms with Crippen molar-refractivity contribution >= 4 is 0 Å².